The molecule has 0 aliphatic carbocycles. The fourth-order valence-electron chi connectivity index (χ4n) is 1.28. The summed E-state index contributed by atoms with van der Waals surface area (Å²) in [7, 11) is 2.57. The molecule has 0 aliphatic heterocycles. The van der Waals surface area contributed by atoms with Gasteiger partial charge in [-0.1, -0.05) is 12.1 Å². The number of benzene rings is 1. The number of carbonyl (C=O) groups is 2. The molecular formula is C11H13NO4. The van der Waals surface area contributed by atoms with Gasteiger partial charge in [-0.3, -0.25) is 4.79 Å². The third-order valence-electron chi connectivity index (χ3n) is 2.16. The lowest BCUT2D eigenvalue weighted by Crippen LogP contribution is -2.11. The first-order valence-electron chi connectivity index (χ1n) is 4.62. The second kappa shape index (κ2) is 5.16. The Labute approximate surface area is 93.1 Å². The van der Waals surface area contributed by atoms with Gasteiger partial charge in [0.1, 0.15) is 0 Å². The molecule has 0 heterocycles. The molecule has 1 aromatic carbocycles. The van der Waals surface area contributed by atoms with E-state index in [1.165, 1.54) is 14.2 Å². The average Bonchev–Trinajstić information content (AvgIpc) is 2.30. The summed E-state index contributed by atoms with van der Waals surface area (Å²) in [6, 6.07) is 4.85. The van der Waals surface area contributed by atoms with Gasteiger partial charge in [0.05, 0.1) is 26.2 Å². The summed E-state index contributed by atoms with van der Waals surface area (Å²) in [5.41, 5.74) is 6.81. The number of ether oxygens (including phenoxy) is 2. The topological polar surface area (TPSA) is 78.6 Å². The first kappa shape index (κ1) is 12.0. The minimum atomic E-state index is -0.524. The molecule has 0 bridgehead atoms. The van der Waals surface area contributed by atoms with Crippen molar-refractivity contribution in [3.8, 4) is 0 Å². The Hall–Kier alpha value is -2.04. The normalized spacial score (nSPS) is 9.62. The Morgan fingerprint density at radius 2 is 1.94 bits per heavy atom. The summed E-state index contributed by atoms with van der Waals surface area (Å²) in [5, 5.41) is 0. The van der Waals surface area contributed by atoms with Crippen LogP contribution >= 0.6 is 0 Å². The van der Waals surface area contributed by atoms with E-state index in [0.717, 1.165) is 0 Å². The molecule has 0 saturated carbocycles. The highest BCUT2D eigenvalue weighted by Crippen LogP contribution is 2.19. The largest absolute Gasteiger partial charge is 0.469 e. The fourth-order valence-corrected chi connectivity index (χ4v) is 1.28. The smallest absolute Gasteiger partial charge is 0.339 e. The second-order valence-corrected chi connectivity index (χ2v) is 3.12. The zero-order chi connectivity index (χ0) is 12.1. The molecule has 0 aromatic heterocycles. The van der Waals surface area contributed by atoms with Gasteiger partial charge in [-0.15, -0.1) is 0 Å². The van der Waals surface area contributed by atoms with Crippen molar-refractivity contribution in [2.45, 2.75) is 6.42 Å². The van der Waals surface area contributed by atoms with E-state index in [0.29, 0.717) is 5.56 Å². The van der Waals surface area contributed by atoms with Gasteiger partial charge in [0.2, 0.25) is 0 Å². The van der Waals surface area contributed by atoms with E-state index < -0.39 is 11.9 Å². The van der Waals surface area contributed by atoms with E-state index in [4.69, 9.17) is 5.73 Å². The van der Waals surface area contributed by atoms with Crippen molar-refractivity contribution >= 4 is 17.6 Å². The Morgan fingerprint density at radius 3 is 2.50 bits per heavy atom. The van der Waals surface area contributed by atoms with Crippen LogP contribution in [-0.2, 0) is 20.7 Å². The molecule has 0 unspecified atom stereocenters. The van der Waals surface area contributed by atoms with Gasteiger partial charge in [0.15, 0.2) is 0 Å². The van der Waals surface area contributed by atoms with Crippen molar-refractivity contribution in [3.63, 3.8) is 0 Å². The van der Waals surface area contributed by atoms with Crippen LogP contribution in [0.2, 0.25) is 0 Å². The van der Waals surface area contributed by atoms with Crippen molar-refractivity contribution in [1.29, 1.82) is 0 Å². The van der Waals surface area contributed by atoms with Gasteiger partial charge in [-0.05, 0) is 11.6 Å². The van der Waals surface area contributed by atoms with Crippen LogP contribution in [0.15, 0.2) is 18.2 Å². The van der Waals surface area contributed by atoms with Crippen molar-refractivity contribution in [1.82, 2.24) is 0 Å². The van der Waals surface area contributed by atoms with E-state index in [1.54, 1.807) is 18.2 Å². The van der Waals surface area contributed by atoms with Gasteiger partial charge >= 0.3 is 11.9 Å². The third-order valence-corrected chi connectivity index (χ3v) is 2.16. The quantitative estimate of drug-likeness (QED) is 0.604. The van der Waals surface area contributed by atoms with Crippen LogP contribution in [0.4, 0.5) is 5.69 Å². The second-order valence-electron chi connectivity index (χ2n) is 3.12. The Balaban J connectivity index is 3.04. The van der Waals surface area contributed by atoms with Crippen LogP contribution < -0.4 is 5.73 Å². The number of nitrogens with two attached hydrogens (primary N) is 1. The summed E-state index contributed by atoms with van der Waals surface area (Å²) in [6.07, 6.45) is 0.0349. The molecular weight excluding hydrogens is 210 g/mol. The van der Waals surface area contributed by atoms with Crippen LogP contribution in [0, 0.1) is 0 Å². The summed E-state index contributed by atoms with van der Waals surface area (Å²) in [4.78, 5) is 22.4. The Bertz CT molecular complexity index is 414. The maximum Gasteiger partial charge on any atom is 0.339 e. The fraction of sp³-hybridized carbons (Fsp3) is 0.273. The lowest BCUT2D eigenvalue weighted by Gasteiger charge is -2.08. The van der Waals surface area contributed by atoms with Crippen molar-refractivity contribution in [2.24, 2.45) is 0 Å². The molecule has 16 heavy (non-hydrogen) atoms. The van der Waals surface area contributed by atoms with E-state index >= 15 is 0 Å². The monoisotopic (exact) mass is 223 g/mol. The van der Waals surface area contributed by atoms with E-state index in [9.17, 15) is 9.59 Å². The number of methoxy groups -OCH3 is 2. The van der Waals surface area contributed by atoms with Gasteiger partial charge < -0.3 is 15.2 Å². The molecule has 0 aliphatic rings. The summed E-state index contributed by atoms with van der Waals surface area (Å²) in [6.45, 7) is 0. The average molecular weight is 223 g/mol. The Morgan fingerprint density at radius 1 is 1.25 bits per heavy atom. The number of hydrogen-bond acceptors (Lipinski definition) is 5. The lowest BCUT2D eigenvalue weighted by atomic mass is 10.0. The molecule has 0 fully saturated rings. The third kappa shape index (κ3) is 2.50. The predicted octanol–water partition coefficient (Wildman–Crippen LogP) is 0.771. The number of nitrogen functional groups attached to an aromatic ring is 1. The maximum atomic E-state index is 11.3. The van der Waals surface area contributed by atoms with Gasteiger partial charge in [-0.25, -0.2) is 4.79 Å². The summed E-state index contributed by atoms with van der Waals surface area (Å²) >= 11 is 0. The standard InChI is InChI=1S/C11H13NO4/c1-15-9(13)6-7-4-3-5-8(10(7)12)11(14)16-2/h3-5H,6,12H2,1-2H3. The molecule has 0 atom stereocenters. The van der Waals surface area contributed by atoms with Crippen LogP contribution in [0.3, 0.4) is 0 Å². The minimum absolute atomic E-state index is 0.0349. The van der Waals surface area contributed by atoms with Gasteiger partial charge in [-0.2, -0.15) is 0 Å². The SMILES string of the molecule is COC(=O)Cc1cccc(C(=O)OC)c1N. The van der Waals surface area contributed by atoms with Crippen LogP contribution in [-0.4, -0.2) is 26.2 Å². The van der Waals surface area contributed by atoms with Crippen molar-refractivity contribution < 1.29 is 19.1 Å². The van der Waals surface area contributed by atoms with E-state index in [1.807, 2.05) is 0 Å². The van der Waals surface area contributed by atoms with Gasteiger partial charge in [0, 0.05) is 5.69 Å². The molecule has 2 N–H and O–H groups in total. The molecule has 5 nitrogen and oxygen atoms in total. The number of hydrogen-bond donors (Lipinski definition) is 1. The first-order valence-corrected chi connectivity index (χ1v) is 4.62. The number of carbonyl (C=O) groups excluding carboxylic acids is 2. The molecule has 0 radical (unpaired) electrons. The molecule has 5 heteroatoms. The molecule has 0 amide bonds. The highest BCUT2D eigenvalue weighted by molar-refractivity contribution is 5.96. The van der Waals surface area contributed by atoms with Crippen LogP contribution in [0.1, 0.15) is 15.9 Å². The zero-order valence-electron chi connectivity index (χ0n) is 9.15. The number of esters is 2. The number of para-hydroxylation sites is 1. The zero-order valence-corrected chi connectivity index (χ0v) is 9.15. The van der Waals surface area contributed by atoms with Crippen molar-refractivity contribution in [3.05, 3.63) is 29.3 Å². The Kier molecular flexibility index (Phi) is 3.88. The molecule has 0 saturated heterocycles. The van der Waals surface area contributed by atoms with Gasteiger partial charge in [0.25, 0.3) is 0 Å². The molecule has 1 aromatic rings. The predicted molar refractivity (Wildman–Crippen MR) is 57.9 cm³/mol. The molecule has 86 valence electrons. The number of anilines is 1. The minimum Gasteiger partial charge on any atom is -0.469 e. The first-order chi connectivity index (χ1) is 7.60. The molecule has 1 rings (SSSR count). The maximum absolute atomic E-state index is 11.3. The van der Waals surface area contributed by atoms with Crippen LogP contribution in [0.25, 0.3) is 0 Å². The highest BCUT2D eigenvalue weighted by atomic mass is 16.5. The highest BCUT2D eigenvalue weighted by Gasteiger charge is 2.14. The van der Waals surface area contributed by atoms with Crippen molar-refractivity contribution in [2.75, 3.05) is 20.0 Å². The lowest BCUT2D eigenvalue weighted by molar-refractivity contribution is -0.139. The summed E-state index contributed by atoms with van der Waals surface area (Å²) < 4.78 is 9.09. The summed E-state index contributed by atoms with van der Waals surface area (Å²) in [5.74, 6) is -0.932. The van der Waals surface area contributed by atoms with E-state index in [-0.39, 0.29) is 17.7 Å². The number of rotatable bonds is 3. The van der Waals surface area contributed by atoms with E-state index in [2.05, 4.69) is 9.47 Å². The van der Waals surface area contributed by atoms with Crippen LogP contribution in [0.5, 0.6) is 0 Å². The molecule has 0 spiro atoms.